The minimum absolute atomic E-state index is 0. The van der Waals surface area contributed by atoms with E-state index in [1.165, 1.54) is 0 Å². The van der Waals surface area contributed by atoms with E-state index >= 15 is 0 Å². The molecular weight excluding hydrogens is 513 g/mol. The van der Waals surface area contributed by atoms with E-state index in [-0.39, 0.29) is 29.9 Å². The Morgan fingerprint density at radius 2 is 1.86 bits per heavy atom. The van der Waals surface area contributed by atoms with Crippen molar-refractivity contribution in [2.45, 2.75) is 25.4 Å². The van der Waals surface area contributed by atoms with E-state index < -0.39 is 0 Å². The van der Waals surface area contributed by atoms with Gasteiger partial charge in [-0.15, -0.1) is 12.4 Å². The first-order valence-corrected chi connectivity index (χ1v) is 11.6. The molecule has 5 rings (SSSR count). The molecule has 1 aliphatic heterocycles. The van der Waals surface area contributed by atoms with Gasteiger partial charge in [-0.05, 0) is 42.7 Å². The van der Waals surface area contributed by atoms with Crippen LogP contribution in [0.15, 0.2) is 53.7 Å². The van der Waals surface area contributed by atoms with Crippen LogP contribution in [0, 0.1) is 0 Å². The quantitative estimate of drug-likeness (QED) is 0.394. The standard InChI is InChI=1S/C23H21Cl2N7O2.ClH/c24-17-2-1-14(11-18(17)25)12-27-23-29-19-13-28-32(20(19)21(33)30-23)16-5-9-31(10-6-16)22(34)15-3-7-26-8-4-15;/h1-4,7-8,11,13,16H,5-6,9-10,12H2,(H2,27,29,30,33);1H. The average Bonchev–Trinajstić information content (AvgIpc) is 3.30. The normalized spacial score (nSPS) is 14.1. The van der Waals surface area contributed by atoms with Crippen LogP contribution in [0.3, 0.4) is 0 Å². The van der Waals surface area contributed by atoms with Gasteiger partial charge < -0.3 is 10.2 Å². The van der Waals surface area contributed by atoms with Crippen LogP contribution in [0.1, 0.15) is 34.8 Å². The van der Waals surface area contributed by atoms with Crippen molar-refractivity contribution in [2.24, 2.45) is 0 Å². The minimum atomic E-state index is -0.269. The van der Waals surface area contributed by atoms with Crippen LogP contribution < -0.4 is 10.9 Å². The molecule has 0 spiro atoms. The summed E-state index contributed by atoms with van der Waals surface area (Å²) in [5, 5.41) is 8.51. The molecule has 12 heteroatoms. The number of benzene rings is 1. The Labute approximate surface area is 216 Å². The third-order valence-corrected chi connectivity index (χ3v) is 6.66. The second-order valence-corrected chi connectivity index (χ2v) is 8.91. The zero-order valence-electron chi connectivity index (χ0n) is 18.4. The van der Waals surface area contributed by atoms with E-state index in [4.69, 9.17) is 23.2 Å². The number of nitrogens with one attached hydrogen (secondary N) is 2. The largest absolute Gasteiger partial charge is 0.352 e. The maximum absolute atomic E-state index is 12.9. The number of aromatic nitrogens is 5. The maximum Gasteiger partial charge on any atom is 0.278 e. The van der Waals surface area contributed by atoms with Crippen LogP contribution in [0.4, 0.5) is 5.95 Å². The summed E-state index contributed by atoms with van der Waals surface area (Å²) >= 11 is 12.0. The topological polar surface area (TPSA) is 109 Å². The summed E-state index contributed by atoms with van der Waals surface area (Å²) in [4.78, 5) is 38.7. The van der Waals surface area contributed by atoms with Crippen molar-refractivity contribution in [2.75, 3.05) is 18.4 Å². The molecule has 0 radical (unpaired) electrons. The van der Waals surface area contributed by atoms with Crippen molar-refractivity contribution in [1.82, 2.24) is 29.6 Å². The number of fused-ring (bicyclic) bond motifs is 1. The molecule has 3 aromatic heterocycles. The Balaban J connectivity index is 0.00000289. The lowest BCUT2D eigenvalue weighted by atomic mass is 10.0. The first kappa shape index (κ1) is 25.0. The molecule has 1 fully saturated rings. The van der Waals surface area contributed by atoms with Gasteiger partial charge in [-0.3, -0.25) is 24.2 Å². The molecule has 0 atom stereocenters. The number of carbonyl (C=O) groups is 1. The van der Waals surface area contributed by atoms with Crippen LogP contribution in [0.5, 0.6) is 0 Å². The number of pyridine rings is 1. The predicted octanol–water partition coefficient (Wildman–Crippen LogP) is 4.33. The van der Waals surface area contributed by atoms with Crippen molar-refractivity contribution in [3.05, 3.63) is 80.4 Å². The van der Waals surface area contributed by atoms with Gasteiger partial charge in [-0.2, -0.15) is 5.10 Å². The number of hydrogen-bond acceptors (Lipinski definition) is 6. The summed E-state index contributed by atoms with van der Waals surface area (Å²) in [7, 11) is 0. The smallest absolute Gasteiger partial charge is 0.278 e. The number of anilines is 1. The Morgan fingerprint density at radius 1 is 1.11 bits per heavy atom. The molecule has 0 aliphatic carbocycles. The third-order valence-electron chi connectivity index (χ3n) is 5.92. The number of H-pyrrole nitrogens is 1. The van der Waals surface area contributed by atoms with E-state index in [2.05, 4.69) is 25.4 Å². The molecule has 0 bridgehead atoms. The number of rotatable bonds is 5. The van der Waals surface area contributed by atoms with E-state index in [9.17, 15) is 9.59 Å². The van der Waals surface area contributed by atoms with E-state index in [0.717, 1.165) is 5.56 Å². The first-order valence-electron chi connectivity index (χ1n) is 10.8. The number of aromatic amines is 1. The van der Waals surface area contributed by atoms with Gasteiger partial charge in [0.1, 0.15) is 5.52 Å². The Bertz CT molecular complexity index is 1400. The van der Waals surface area contributed by atoms with Crippen molar-refractivity contribution >= 4 is 58.5 Å². The number of carbonyl (C=O) groups excluding carboxylic acids is 1. The number of likely N-dealkylation sites (tertiary alicyclic amines) is 1. The molecule has 1 saturated heterocycles. The molecule has 182 valence electrons. The zero-order valence-corrected chi connectivity index (χ0v) is 20.8. The molecule has 1 amide bonds. The summed E-state index contributed by atoms with van der Waals surface area (Å²) in [5.74, 6) is 0.337. The summed E-state index contributed by atoms with van der Waals surface area (Å²) in [5.41, 5.74) is 2.20. The van der Waals surface area contributed by atoms with Gasteiger partial charge in [0, 0.05) is 37.6 Å². The summed E-state index contributed by atoms with van der Waals surface area (Å²) in [6, 6.07) is 8.78. The highest BCUT2D eigenvalue weighted by Gasteiger charge is 2.27. The van der Waals surface area contributed by atoms with Crippen LogP contribution in [-0.4, -0.2) is 48.6 Å². The number of nitrogens with zero attached hydrogens (tertiary/aromatic N) is 5. The number of amides is 1. The molecule has 0 unspecified atom stereocenters. The number of piperidine rings is 1. The highest BCUT2D eigenvalue weighted by molar-refractivity contribution is 6.42. The number of hydrogen-bond donors (Lipinski definition) is 2. The number of halogens is 3. The van der Waals surface area contributed by atoms with Gasteiger partial charge in [0.25, 0.3) is 11.5 Å². The summed E-state index contributed by atoms with van der Waals surface area (Å²) < 4.78 is 1.73. The zero-order chi connectivity index (χ0) is 23.7. The summed E-state index contributed by atoms with van der Waals surface area (Å²) in [6.45, 7) is 1.59. The van der Waals surface area contributed by atoms with Crippen molar-refractivity contribution in [1.29, 1.82) is 0 Å². The van der Waals surface area contributed by atoms with Gasteiger partial charge >= 0.3 is 0 Å². The van der Waals surface area contributed by atoms with Gasteiger partial charge in [-0.25, -0.2) is 4.98 Å². The van der Waals surface area contributed by atoms with E-state index in [1.807, 2.05) is 11.0 Å². The predicted molar refractivity (Wildman–Crippen MR) is 138 cm³/mol. The van der Waals surface area contributed by atoms with Crippen molar-refractivity contribution in [3.8, 4) is 0 Å². The molecular formula is C23H22Cl3N7O2. The van der Waals surface area contributed by atoms with Crippen LogP contribution in [0.25, 0.3) is 11.0 Å². The molecule has 2 N–H and O–H groups in total. The summed E-state index contributed by atoms with van der Waals surface area (Å²) in [6.07, 6.45) is 6.23. The molecule has 4 heterocycles. The Morgan fingerprint density at radius 3 is 2.57 bits per heavy atom. The van der Waals surface area contributed by atoms with Crippen LogP contribution in [-0.2, 0) is 6.54 Å². The third kappa shape index (κ3) is 5.27. The van der Waals surface area contributed by atoms with Gasteiger partial charge in [0.05, 0.1) is 22.3 Å². The van der Waals surface area contributed by atoms with Crippen LogP contribution in [0.2, 0.25) is 10.0 Å². The van der Waals surface area contributed by atoms with Crippen LogP contribution >= 0.6 is 35.6 Å². The fourth-order valence-electron chi connectivity index (χ4n) is 4.16. The lowest BCUT2D eigenvalue weighted by Crippen LogP contribution is -2.39. The van der Waals surface area contributed by atoms with Gasteiger partial charge in [0.2, 0.25) is 5.95 Å². The van der Waals surface area contributed by atoms with E-state index in [1.54, 1.807) is 47.5 Å². The fourth-order valence-corrected chi connectivity index (χ4v) is 4.48. The van der Waals surface area contributed by atoms with Gasteiger partial charge in [0.15, 0.2) is 5.52 Å². The lowest BCUT2D eigenvalue weighted by Gasteiger charge is -2.32. The molecule has 4 aromatic rings. The Kier molecular flexibility index (Phi) is 7.59. The molecule has 1 aliphatic rings. The minimum Gasteiger partial charge on any atom is -0.352 e. The van der Waals surface area contributed by atoms with E-state index in [0.29, 0.717) is 65.1 Å². The maximum atomic E-state index is 12.9. The second kappa shape index (κ2) is 10.6. The SMILES string of the molecule is Cl.O=C(c1ccncc1)N1CCC(n2ncc3nc(NCc4ccc(Cl)c(Cl)c4)[nH]c(=O)c32)CC1. The molecule has 1 aromatic carbocycles. The van der Waals surface area contributed by atoms with Crippen molar-refractivity contribution < 1.29 is 4.79 Å². The average molecular weight is 535 g/mol. The van der Waals surface area contributed by atoms with Gasteiger partial charge in [-0.1, -0.05) is 29.3 Å². The Hall–Kier alpha value is -3.14. The molecule has 9 nitrogen and oxygen atoms in total. The molecule has 0 saturated carbocycles. The highest BCUT2D eigenvalue weighted by Crippen LogP contribution is 2.26. The fraction of sp³-hybridized carbons (Fsp3) is 0.261. The highest BCUT2D eigenvalue weighted by atomic mass is 35.5. The first-order chi connectivity index (χ1) is 16.5. The second-order valence-electron chi connectivity index (χ2n) is 8.10. The van der Waals surface area contributed by atoms with Crippen molar-refractivity contribution in [3.63, 3.8) is 0 Å². The molecule has 35 heavy (non-hydrogen) atoms. The lowest BCUT2D eigenvalue weighted by molar-refractivity contribution is 0.0691. The monoisotopic (exact) mass is 533 g/mol.